The summed E-state index contributed by atoms with van der Waals surface area (Å²) in [5.41, 5.74) is 1.09. The predicted molar refractivity (Wildman–Crippen MR) is 93.7 cm³/mol. The molecule has 1 aromatic heterocycles. The molecule has 112 valence electrons. The molecule has 0 unspecified atom stereocenters. The summed E-state index contributed by atoms with van der Waals surface area (Å²) < 4.78 is 7.73. The smallest absolute Gasteiger partial charge is 0.119 e. The van der Waals surface area contributed by atoms with Crippen molar-refractivity contribution < 1.29 is 4.74 Å². The van der Waals surface area contributed by atoms with E-state index in [1.165, 1.54) is 30.6 Å². The highest BCUT2D eigenvalue weighted by Crippen LogP contribution is 2.32. The quantitative estimate of drug-likeness (QED) is 0.670. The van der Waals surface area contributed by atoms with Crippen molar-refractivity contribution in [2.75, 3.05) is 5.32 Å². The molecular weight excluding hydrogens is 370 g/mol. The van der Waals surface area contributed by atoms with Crippen LogP contribution in [0.1, 0.15) is 30.6 Å². The van der Waals surface area contributed by atoms with Crippen molar-refractivity contribution in [3.63, 3.8) is 0 Å². The van der Waals surface area contributed by atoms with E-state index in [9.17, 15) is 0 Å². The van der Waals surface area contributed by atoms with Gasteiger partial charge in [0.05, 0.1) is 6.10 Å². The van der Waals surface area contributed by atoms with E-state index in [-0.39, 0.29) is 0 Å². The summed E-state index contributed by atoms with van der Waals surface area (Å²) in [6.45, 7) is 0.777. The van der Waals surface area contributed by atoms with E-state index in [0.717, 1.165) is 26.8 Å². The summed E-state index contributed by atoms with van der Waals surface area (Å²) >= 11 is 11.1. The average Bonchev–Trinajstić information content (AvgIpc) is 3.09. The third-order valence-electron chi connectivity index (χ3n) is 3.62. The monoisotopic (exact) mass is 385 g/mol. The number of hydrogen-bond acceptors (Lipinski definition) is 3. The van der Waals surface area contributed by atoms with Crippen molar-refractivity contribution in [1.82, 2.24) is 0 Å². The Morgan fingerprint density at radius 3 is 2.57 bits per heavy atom. The summed E-state index contributed by atoms with van der Waals surface area (Å²) in [6, 6.07) is 10.3. The molecule has 1 fully saturated rings. The molecule has 1 aliphatic carbocycles. The molecule has 2 nitrogen and oxygen atoms in total. The molecule has 21 heavy (non-hydrogen) atoms. The van der Waals surface area contributed by atoms with Crippen molar-refractivity contribution in [3.05, 3.63) is 44.0 Å². The molecule has 0 aliphatic heterocycles. The van der Waals surface area contributed by atoms with Crippen molar-refractivity contribution in [2.45, 2.75) is 38.3 Å². The Morgan fingerprint density at radius 1 is 1.24 bits per heavy atom. The molecule has 1 heterocycles. The van der Waals surface area contributed by atoms with E-state index in [1.54, 1.807) is 11.3 Å². The largest absolute Gasteiger partial charge is 0.490 e. The number of thiophene rings is 1. The zero-order valence-electron chi connectivity index (χ0n) is 11.6. The minimum Gasteiger partial charge on any atom is -0.490 e. The van der Waals surface area contributed by atoms with Crippen molar-refractivity contribution >= 4 is 44.6 Å². The van der Waals surface area contributed by atoms with Gasteiger partial charge in [-0.3, -0.25) is 0 Å². The minimum absolute atomic E-state index is 0.412. The molecule has 2 aromatic rings. The topological polar surface area (TPSA) is 21.3 Å². The second-order valence-electron chi connectivity index (χ2n) is 5.24. The maximum Gasteiger partial charge on any atom is 0.119 e. The maximum absolute atomic E-state index is 6.04. The molecule has 1 N–H and O–H groups in total. The fourth-order valence-electron chi connectivity index (χ4n) is 2.52. The van der Waals surface area contributed by atoms with Gasteiger partial charge in [-0.05, 0) is 71.9 Å². The van der Waals surface area contributed by atoms with Gasteiger partial charge in [0, 0.05) is 21.6 Å². The van der Waals surface area contributed by atoms with Gasteiger partial charge >= 0.3 is 0 Å². The van der Waals surface area contributed by atoms with Crippen LogP contribution in [0.5, 0.6) is 5.75 Å². The third-order valence-corrected chi connectivity index (χ3v) is 6.10. The summed E-state index contributed by atoms with van der Waals surface area (Å²) in [4.78, 5) is 1.21. The molecule has 0 atom stereocenters. The maximum atomic E-state index is 6.04. The molecule has 0 radical (unpaired) electrons. The number of anilines is 1. The second kappa shape index (κ2) is 7.03. The molecule has 0 spiro atoms. The number of rotatable bonds is 5. The predicted octanol–water partition coefficient (Wildman–Crippen LogP) is 6.10. The van der Waals surface area contributed by atoms with Crippen LogP contribution in [0.4, 0.5) is 5.69 Å². The molecule has 0 bridgehead atoms. The standard InChI is InChI=1S/C16H17BrClNOS/c17-15-9-14(21-16(15)18)10-19-11-5-7-13(8-6-11)20-12-3-1-2-4-12/h5-9,12,19H,1-4,10H2. The van der Waals surface area contributed by atoms with Crippen LogP contribution < -0.4 is 10.1 Å². The lowest BCUT2D eigenvalue weighted by atomic mass is 10.2. The van der Waals surface area contributed by atoms with E-state index < -0.39 is 0 Å². The van der Waals surface area contributed by atoms with Crippen molar-refractivity contribution in [2.24, 2.45) is 0 Å². The van der Waals surface area contributed by atoms with Gasteiger partial charge in [-0.1, -0.05) is 11.6 Å². The Labute approximate surface area is 142 Å². The van der Waals surface area contributed by atoms with Gasteiger partial charge in [0.15, 0.2) is 0 Å². The number of benzene rings is 1. The lowest BCUT2D eigenvalue weighted by molar-refractivity contribution is 0.210. The molecule has 0 amide bonds. The first-order valence-electron chi connectivity index (χ1n) is 7.15. The number of ether oxygens (including phenoxy) is 1. The summed E-state index contributed by atoms with van der Waals surface area (Å²) in [5.74, 6) is 0.967. The van der Waals surface area contributed by atoms with Gasteiger partial charge in [-0.2, -0.15) is 0 Å². The normalized spacial score (nSPS) is 15.3. The molecule has 1 aromatic carbocycles. The number of halogens is 2. The van der Waals surface area contributed by atoms with Gasteiger partial charge in [0.2, 0.25) is 0 Å². The molecule has 5 heteroatoms. The molecule has 0 saturated heterocycles. The lowest BCUT2D eigenvalue weighted by Crippen LogP contribution is -2.10. The Morgan fingerprint density at radius 2 is 1.95 bits per heavy atom. The zero-order valence-corrected chi connectivity index (χ0v) is 14.7. The van der Waals surface area contributed by atoms with Crippen molar-refractivity contribution in [3.8, 4) is 5.75 Å². The van der Waals surface area contributed by atoms with E-state index in [2.05, 4.69) is 39.4 Å². The Hall–Kier alpha value is -0.710. The van der Waals surface area contributed by atoms with Crippen LogP contribution in [0, 0.1) is 0 Å². The van der Waals surface area contributed by atoms with Gasteiger partial charge in [-0.25, -0.2) is 0 Å². The highest BCUT2D eigenvalue weighted by molar-refractivity contribution is 9.10. The van der Waals surface area contributed by atoms with Crippen LogP contribution in [0.3, 0.4) is 0 Å². The first kappa shape index (κ1) is 15.2. The van der Waals surface area contributed by atoms with E-state index in [1.807, 2.05) is 12.1 Å². The first-order valence-corrected chi connectivity index (χ1v) is 9.14. The lowest BCUT2D eigenvalue weighted by Gasteiger charge is -2.13. The fraction of sp³-hybridized carbons (Fsp3) is 0.375. The first-order chi connectivity index (χ1) is 10.2. The Bertz CT molecular complexity index is 573. The van der Waals surface area contributed by atoms with Crippen LogP contribution in [0.25, 0.3) is 0 Å². The van der Waals surface area contributed by atoms with E-state index in [0.29, 0.717) is 6.10 Å². The molecule has 1 aliphatic rings. The summed E-state index contributed by atoms with van der Waals surface area (Å²) in [6.07, 6.45) is 5.38. The Balaban J connectivity index is 1.54. The second-order valence-corrected chi connectivity index (χ2v) is 7.83. The average molecular weight is 387 g/mol. The van der Waals surface area contributed by atoms with Gasteiger partial charge in [0.25, 0.3) is 0 Å². The Kier molecular flexibility index (Phi) is 5.09. The van der Waals surface area contributed by atoms with Gasteiger partial charge in [-0.15, -0.1) is 11.3 Å². The van der Waals surface area contributed by atoms with Gasteiger partial charge in [0.1, 0.15) is 10.1 Å². The molecular formula is C16H17BrClNOS. The summed E-state index contributed by atoms with van der Waals surface area (Å²) in [7, 11) is 0. The minimum atomic E-state index is 0.412. The van der Waals surface area contributed by atoms with Crippen molar-refractivity contribution in [1.29, 1.82) is 0 Å². The van der Waals surface area contributed by atoms with Crippen LogP contribution in [-0.2, 0) is 6.54 Å². The van der Waals surface area contributed by atoms with Crippen LogP contribution in [0.15, 0.2) is 34.8 Å². The zero-order chi connectivity index (χ0) is 14.7. The van der Waals surface area contributed by atoms with Crippen LogP contribution >= 0.6 is 38.9 Å². The molecule has 1 saturated carbocycles. The number of hydrogen-bond donors (Lipinski definition) is 1. The SMILES string of the molecule is Clc1sc(CNc2ccc(OC3CCCC3)cc2)cc1Br. The highest BCUT2D eigenvalue weighted by Gasteiger charge is 2.16. The third kappa shape index (κ3) is 4.15. The van der Waals surface area contributed by atoms with Crippen LogP contribution in [-0.4, -0.2) is 6.10 Å². The van der Waals surface area contributed by atoms with E-state index >= 15 is 0 Å². The van der Waals surface area contributed by atoms with Gasteiger partial charge < -0.3 is 10.1 Å². The van der Waals surface area contributed by atoms with E-state index in [4.69, 9.17) is 16.3 Å². The summed E-state index contributed by atoms with van der Waals surface area (Å²) in [5, 5.41) is 3.40. The number of nitrogens with one attached hydrogen (secondary N) is 1. The molecule has 3 rings (SSSR count). The highest BCUT2D eigenvalue weighted by atomic mass is 79.9. The van der Waals surface area contributed by atoms with Crippen LogP contribution in [0.2, 0.25) is 4.34 Å². The fourth-order valence-corrected chi connectivity index (χ4v) is 4.25.